The number of primary sulfonamides is 1. The van der Waals surface area contributed by atoms with Crippen LogP contribution in [-0.2, 0) is 14.8 Å². The third kappa shape index (κ3) is 2.55. The zero-order chi connectivity index (χ0) is 16.0. The van der Waals surface area contributed by atoms with Gasteiger partial charge in [0.1, 0.15) is 0 Å². The van der Waals surface area contributed by atoms with Crippen molar-refractivity contribution < 1.29 is 22.4 Å². The zero-order valence-electron chi connectivity index (χ0n) is 12.4. The van der Waals surface area contributed by atoms with E-state index in [4.69, 9.17) is 14.3 Å². The van der Waals surface area contributed by atoms with Crippen molar-refractivity contribution in [2.75, 3.05) is 19.8 Å². The highest BCUT2D eigenvalue weighted by molar-refractivity contribution is 7.89. The van der Waals surface area contributed by atoms with Crippen LogP contribution in [0, 0.1) is 5.41 Å². The van der Waals surface area contributed by atoms with Crippen molar-refractivity contribution in [3.8, 4) is 0 Å². The first-order valence-corrected chi connectivity index (χ1v) is 8.89. The molecule has 22 heavy (non-hydrogen) atoms. The minimum absolute atomic E-state index is 0.0139. The lowest BCUT2D eigenvalue weighted by Gasteiger charge is -2.38. The highest BCUT2D eigenvalue weighted by Crippen LogP contribution is 2.45. The maximum absolute atomic E-state index is 12.6. The number of amides is 1. The van der Waals surface area contributed by atoms with E-state index in [2.05, 4.69) is 0 Å². The second-order valence-electron chi connectivity index (χ2n) is 6.06. The molecule has 2 aliphatic rings. The van der Waals surface area contributed by atoms with Gasteiger partial charge in [0, 0.05) is 25.8 Å². The maximum atomic E-state index is 12.6. The van der Waals surface area contributed by atoms with Gasteiger partial charge in [-0.3, -0.25) is 4.79 Å². The number of nitrogens with two attached hydrogens (primary N) is 1. The average Bonchev–Trinajstić information content (AvgIpc) is 3.07. The van der Waals surface area contributed by atoms with Crippen molar-refractivity contribution in [3.05, 3.63) is 17.9 Å². The predicted molar refractivity (Wildman–Crippen MR) is 77.7 cm³/mol. The van der Waals surface area contributed by atoms with Crippen molar-refractivity contribution in [1.82, 2.24) is 4.90 Å². The van der Waals surface area contributed by atoms with E-state index < -0.39 is 10.0 Å². The number of hydrogen-bond acceptors (Lipinski definition) is 5. The molecule has 2 fully saturated rings. The molecule has 3 rings (SSSR count). The van der Waals surface area contributed by atoms with E-state index in [-0.39, 0.29) is 28.2 Å². The third-order valence-corrected chi connectivity index (χ3v) is 5.81. The minimum Gasteiger partial charge on any atom is -0.438 e. The van der Waals surface area contributed by atoms with Crippen LogP contribution in [0.2, 0.25) is 0 Å². The first-order valence-electron chi connectivity index (χ1n) is 7.35. The van der Waals surface area contributed by atoms with Gasteiger partial charge in [-0.2, -0.15) is 0 Å². The van der Waals surface area contributed by atoms with E-state index in [9.17, 15) is 13.2 Å². The van der Waals surface area contributed by atoms with Crippen molar-refractivity contribution in [2.24, 2.45) is 10.6 Å². The molecule has 8 heteroatoms. The Kier molecular flexibility index (Phi) is 3.78. The van der Waals surface area contributed by atoms with Crippen LogP contribution in [0.15, 0.2) is 21.6 Å². The van der Waals surface area contributed by atoms with Crippen LogP contribution in [-0.4, -0.2) is 45.0 Å². The van der Waals surface area contributed by atoms with Gasteiger partial charge in [-0.1, -0.05) is 0 Å². The Bertz CT molecular complexity index is 675. The Hall–Kier alpha value is -1.38. The van der Waals surface area contributed by atoms with E-state index >= 15 is 0 Å². The van der Waals surface area contributed by atoms with E-state index in [0.29, 0.717) is 6.54 Å². The monoisotopic (exact) mass is 328 g/mol. The molecule has 0 bridgehead atoms. The highest BCUT2D eigenvalue weighted by atomic mass is 32.2. The van der Waals surface area contributed by atoms with Gasteiger partial charge in [0.2, 0.25) is 5.09 Å². The molecule has 1 amide bonds. The van der Waals surface area contributed by atoms with Gasteiger partial charge >= 0.3 is 0 Å². The van der Waals surface area contributed by atoms with E-state index in [1.54, 1.807) is 4.90 Å². The lowest BCUT2D eigenvalue weighted by molar-refractivity contribution is -0.000260. The van der Waals surface area contributed by atoms with Crippen LogP contribution < -0.4 is 5.14 Å². The summed E-state index contributed by atoms with van der Waals surface area (Å²) in [4.78, 5) is 14.3. The highest BCUT2D eigenvalue weighted by Gasteiger charge is 2.47. The number of ether oxygens (including phenoxy) is 1. The maximum Gasteiger partial charge on any atom is 0.289 e. The van der Waals surface area contributed by atoms with Crippen molar-refractivity contribution in [1.29, 1.82) is 0 Å². The molecule has 2 aliphatic heterocycles. The minimum atomic E-state index is -3.93. The SMILES string of the molecule is CC1N(C(=O)c2ccc(S(N)(=O)=O)o2)CCC12CCOCC2. The summed E-state index contributed by atoms with van der Waals surface area (Å²) in [6.07, 6.45) is 2.82. The fourth-order valence-electron chi connectivity index (χ4n) is 3.53. The number of nitrogens with zero attached hydrogens (tertiary/aromatic N) is 1. The smallest absolute Gasteiger partial charge is 0.289 e. The number of rotatable bonds is 2. The molecule has 1 unspecified atom stereocenters. The van der Waals surface area contributed by atoms with Crippen molar-refractivity contribution in [2.45, 2.75) is 37.3 Å². The predicted octanol–water partition coefficient (Wildman–Crippen LogP) is 0.958. The molecule has 1 atom stereocenters. The largest absolute Gasteiger partial charge is 0.438 e. The summed E-state index contributed by atoms with van der Waals surface area (Å²) in [5.41, 5.74) is 0.100. The second-order valence-corrected chi connectivity index (χ2v) is 7.56. The summed E-state index contributed by atoms with van der Waals surface area (Å²) in [5.74, 6) is -0.272. The fourth-order valence-corrected chi connectivity index (χ4v) is 3.99. The fraction of sp³-hybridized carbons (Fsp3) is 0.643. The number of carbonyl (C=O) groups excluding carboxylic acids is 1. The lowest BCUT2D eigenvalue weighted by atomic mass is 9.74. The molecule has 122 valence electrons. The van der Waals surface area contributed by atoms with Crippen LogP contribution in [0.4, 0.5) is 0 Å². The molecule has 1 aromatic rings. The molecule has 0 aromatic carbocycles. The number of hydrogen-bond donors (Lipinski definition) is 1. The van der Waals surface area contributed by atoms with E-state index in [0.717, 1.165) is 32.5 Å². The topological polar surface area (TPSA) is 103 Å². The van der Waals surface area contributed by atoms with Crippen LogP contribution in [0.3, 0.4) is 0 Å². The van der Waals surface area contributed by atoms with Crippen molar-refractivity contribution in [3.63, 3.8) is 0 Å². The van der Waals surface area contributed by atoms with Crippen LogP contribution >= 0.6 is 0 Å². The van der Waals surface area contributed by atoms with E-state index in [1.807, 2.05) is 6.92 Å². The molecular weight excluding hydrogens is 308 g/mol. The Morgan fingerprint density at radius 1 is 1.32 bits per heavy atom. The van der Waals surface area contributed by atoms with Gasteiger partial charge in [0.25, 0.3) is 15.9 Å². The molecule has 2 N–H and O–H groups in total. The number of sulfonamides is 1. The average molecular weight is 328 g/mol. The summed E-state index contributed by atoms with van der Waals surface area (Å²) in [6.45, 7) is 4.14. The molecule has 0 radical (unpaired) electrons. The van der Waals surface area contributed by atoms with Gasteiger partial charge in [-0.05, 0) is 43.7 Å². The zero-order valence-corrected chi connectivity index (χ0v) is 13.3. The summed E-state index contributed by atoms with van der Waals surface area (Å²) < 4.78 is 33.0. The van der Waals surface area contributed by atoms with Crippen LogP contribution in [0.25, 0.3) is 0 Å². The molecule has 7 nitrogen and oxygen atoms in total. The number of likely N-dealkylation sites (tertiary alicyclic amines) is 1. The normalized spacial score (nSPS) is 24.8. The molecule has 0 saturated carbocycles. The van der Waals surface area contributed by atoms with E-state index in [1.165, 1.54) is 12.1 Å². The Morgan fingerprint density at radius 2 is 2.00 bits per heavy atom. The second kappa shape index (κ2) is 5.36. The first-order chi connectivity index (χ1) is 10.3. The third-order valence-electron chi connectivity index (χ3n) is 5.03. The molecule has 1 aromatic heterocycles. The summed E-state index contributed by atoms with van der Waals surface area (Å²) >= 11 is 0. The van der Waals surface area contributed by atoms with Gasteiger partial charge < -0.3 is 14.1 Å². The Balaban J connectivity index is 1.80. The Labute approximate surface area is 129 Å². The van der Waals surface area contributed by atoms with Crippen molar-refractivity contribution >= 4 is 15.9 Å². The van der Waals surface area contributed by atoms with Gasteiger partial charge in [0.05, 0.1) is 0 Å². The van der Waals surface area contributed by atoms with Gasteiger partial charge in [-0.25, -0.2) is 13.6 Å². The molecular formula is C14H20N2O5S. The Morgan fingerprint density at radius 3 is 2.59 bits per heavy atom. The quantitative estimate of drug-likeness (QED) is 0.871. The molecule has 0 aliphatic carbocycles. The van der Waals surface area contributed by atoms with Gasteiger partial charge in [-0.15, -0.1) is 0 Å². The standard InChI is InChI=1S/C14H20N2O5S/c1-10-14(5-8-20-9-6-14)4-7-16(10)13(17)11-2-3-12(21-11)22(15,18)19/h2-3,10H,4-9H2,1H3,(H2,15,18,19). The molecule has 1 spiro atoms. The summed E-state index contributed by atoms with van der Waals surface area (Å²) in [6, 6.07) is 2.66. The molecule has 2 saturated heterocycles. The summed E-state index contributed by atoms with van der Waals surface area (Å²) in [5, 5.41) is 4.62. The lowest BCUT2D eigenvalue weighted by Crippen LogP contribution is -2.43. The van der Waals surface area contributed by atoms with Crippen LogP contribution in [0.5, 0.6) is 0 Å². The molecule has 3 heterocycles. The van der Waals surface area contributed by atoms with Crippen LogP contribution in [0.1, 0.15) is 36.7 Å². The van der Waals surface area contributed by atoms with Gasteiger partial charge in [0.15, 0.2) is 5.76 Å². The first kappa shape index (κ1) is 15.5. The number of carbonyl (C=O) groups is 1. The number of furan rings is 1. The summed E-state index contributed by atoms with van der Waals surface area (Å²) in [7, 11) is -3.93.